The highest BCUT2D eigenvalue weighted by Gasteiger charge is 2.37. The number of Topliss-reactive ketones (excluding diaryl/α,β-unsaturated/α-hetero) is 1. The summed E-state index contributed by atoms with van der Waals surface area (Å²) >= 11 is 0. The SMILES string of the molecule is COc1c2c(cc3c1[C@@H](CC(=O)C(C)C)[NH+](C)CC3)OCO2. The molecule has 0 amide bonds. The van der Waals surface area contributed by atoms with Crippen molar-refractivity contribution in [3.05, 3.63) is 17.2 Å². The van der Waals surface area contributed by atoms with Gasteiger partial charge < -0.3 is 19.1 Å². The van der Waals surface area contributed by atoms with Gasteiger partial charge in [-0.3, -0.25) is 4.79 Å². The van der Waals surface area contributed by atoms with E-state index in [1.165, 1.54) is 10.5 Å². The van der Waals surface area contributed by atoms with E-state index in [1.54, 1.807) is 7.11 Å². The number of likely N-dealkylation sites (N-methyl/N-ethyl adjacent to an activating group) is 1. The van der Waals surface area contributed by atoms with Crippen molar-refractivity contribution in [3.8, 4) is 17.2 Å². The van der Waals surface area contributed by atoms with Gasteiger partial charge in [0.2, 0.25) is 12.5 Å². The minimum Gasteiger partial charge on any atom is -0.492 e. The number of ketones is 1. The first-order valence-electron chi connectivity index (χ1n) is 7.87. The third-order valence-corrected chi connectivity index (χ3v) is 4.73. The van der Waals surface area contributed by atoms with E-state index in [-0.39, 0.29) is 24.5 Å². The van der Waals surface area contributed by atoms with E-state index < -0.39 is 0 Å². The van der Waals surface area contributed by atoms with E-state index >= 15 is 0 Å². The zero-order valence-electron chi connectivity index (χ0n) is 13.7. The molecule has 5 heteroatoms. The Morgan fingerprint density at radius 1 is 1.45 bits per heavy atom. The third kappa shape index (κ3) is 2.43. The maximum Gasteiger partial charge on any atom is 0.231 e. The number of rotatable bonds is 4. The lowest BCUT2D eigenvalue weighted by Crippen LogP contribution is -3.10. The van der Waals surface area contributed by atoms with Gasteiger partial charge in [0.1, 0.15) is 11.8 Å². The summed E-state index contributed by atoms with van der Waals surface area (Å²) < 4.78 is 16.7. The van der Waals surface area contributed by atoms with Gasteiger partial charge in [-0.2, -0.15) is 0 Å². The maximum absolute atomic E-state index is 12.3. The average Bonchev–Trinajstić information content (AvgIpc) is 2.95. The molecule has 0 aliphatic carbocycles. The van der Waals surface area contributed by atoms with E-state index in [9.17, 15) is 4.79 Å². The van der Waals surface area contributed by atoms with Crippen LogP contribution in [-0.2, 0) is 11.2 Å². The molecule has 0 aromatic heterocycles. The fourth-order valence-corrected chi connectivity index (χ4v) is 3.33. The van der Waals surface area contributed by atoms with Crippen LogP contribution in [0.25, 0.3) is 0 Å². The minimum atomic E-state index is 0.0539. The standard InChI is InChI=1S/C17H23NO4/c1-10(2)13(19)8-12-15-11(5-6-18(12)3)7-14-16(17(15)20-4)22-9-21-14/h7,10,12H,5-6,8-9H2,1-4H3/p+1/t12-/m1/s1. The molecule has 1 unspecified atom stereocenters. The van der Waals surface area contributed by atoms with Gasteiger partial charge in [-0.15, -0.1) is 0 Å². The molecule has 3 rings (SSSR count). The quantitative estimate of drug-likeness (QED) is 0.907. The fourth-order valence-electron chi connectivity index (χ4n) is 3.33. The molecule has 0 spiro atoms. The molecule has 1 aromatic carbocycles. The molecular weight excluding hydrogens is 282 g/mol. The Kier molecular flexibility index (Phi) is 4.00. The molecule has 2 aliphatic heterocycles. The Morgan fingerprint density at radius 2 is 2.23 bits per heavy atom. The van der Waals surface area contributed by atoms with Crippen LogP contribution in [0.1, 0.15) is 37.4 Å². The summed E-state index contributed by atoms with van der Waals surface area (Å²) in [6, 6.07) is 2.17. The smallest absolute Gasteiger partial charge is 0.231 e. The van der Waals surface area contributed by atoms with Gasteiger partial charge in [-0.25, -0.2) is 0 Å². The largest absolute Gasteiger partial charge is 0.492 e. The number of carbonyl (C=O) groups is 1. The van der Waals surface area contributed by atoms with Crippen molar-refractivity contribution < 1.29 is 23.9 Å². The number of carbonyl (C=O) groups excluding carboxylic acids is 1. The van der Waals surface area contributed by atoms with Crippen molar-refractivity contribution in [2.24, 2.45) is 5.92 Å². The van der Waals surface area contributed by atoms with Crippen LogP contribution in [0.4, 0.5) is 0 Å². The van der Waals surface area contributed by atoms with E-state index in [1.807, 2.05) is 13.8 Å². The predicted octanol–water partition coefficient (Wildman–Crippen LogP) is 1.15. The van der Waals surface area contributed by atoms with Crippen molar-refractivity contribution in [2.75, 3.05) is 27.5 Å². The monoisotopic (exact) mass is 306 g/mol. The van der Waals surface area contributed by atoms with Crippen LogP contribution >= 0.6 is 0 Å². The topological polar surface area (TPSA) is 49.2 Å². The second kappa shape index (κ2) is 5.80. The minimum absolute atomic E-state index is 0.0539. The Hall–Kier alpha value is -1.75. The molecular formula is C17H24NO4+. The van der Waals surface area contributed by atoms with Gasteiger partial charge >= 0.3 is 0 Å². The molecule has 0 fully saturated rings. The summed E-state index contributed by atoms with van der Waals surface area (Å²) in [7, 11) is 3.80. The third-order valence-electron chi connectivity index (χ3n) is 4.73. The second-order valence-corrected chi connectivity index (χ2v) is 6.44. The predicted molar refractivity (Wildman–Crippen MR) is 81.8 cm³/mol. The molecule has 1 aromatic rings. The van der Waals surface area contributed by atoms with E-state index in [4.69, 9.17) is 14.2 Å². The zero-order valence-corrected chi connectivity index (χ0v) is 13.7. The Labute approximate surface area is 131 Å². The lowest BCUT2D eigenvalue weighted by molar-refractivity contribution is -0.914. The van der Waals surface area contributed by atoms with Crippen molar-refractivity contribution in [1.29, 1.82) is 0 Å². The van der Waals surface area contributed by atoms with E-state index in [0.717, 1.165) is 30.0 Å². The van der Waals surface area contributed by atoms with Crippen LogP contribution in [-0.4, -0.2) is 33.3 Å². The number of methoxy groups -OCH3 is 1. The van der Waals surface area contributed by atoms with Gasteiger partial charge in [0.15, 0.2) is 11.5 Å². The number of ether oxygens (including phenoxy) is 3. The van der Waals surface area contributed by atoms with Crippen LogP contribution in [0.5, 0.6) is 17.2 Å². The fraction of sp³-hybridized carbons (Fsp3) is 0.588. The van der Waals surface area contributed by atoms with Crippen molar-refractivity contribution in [2.45, 2.75) is 32.7 Å². The van der Waals surface area contributed by atoms with E-state index in [2.05, 4.69) is 13.1 Å². The first-order chi connectivity index (χ1) is 10.5. The number of benzene rings is 1. The van der Waals surface area contributed by atoms with Crippen LogP contribution in [0.15, 0.2) is 6.07 Å². The molecule has 120 valence electrons. The number of fused-ring (bicyclic) bond motifs is 2. The lowest BCUT2D eigenvalue weighted by Gasteiger charge is -2.33. The average molecular weight is 306 g/mol. The molecule has 2 atom stereocenters. The van der Waals surface area contributed by atoms with Crippen LogP contribution < -0.4 is 19.1 Å². The second-order valence-electron chi connectivity index (χ2n) is 6.44. The summed E-state index contributed by atoms with van der Waals surface area (Å²) in [5, 5.41) is 0. The van der Waals surface area contributed by atoms with Gasteiger partial charge in [-0.1, -0.05) is 13.8 Å². The molecule has 1 N–H and O–H groups in total. The molecule has 0 radical (unpaired) electrons. The number of quaternary nitrogens is 1. The Bertz CT molecular complexity index is 597. The molecule has 2 aliphatic rings. The summed E-state index contributed by atoms with van der Waals surface area (Å²) in [5.41, 5.74) is 2.33. The van der Waals surface area contributed by atoms with Gasteiger partial charge in [0.25, 0.3) is 0 Å². The summed E-state index contributed by atoms with van der Waals surface area (Å²) in [5.74, 6) is 2.52. The highest BCUT2D eigenvalue weighted by atomic mass is 16.7. The molecule has 0 saturated carbocycles. The van der Waals surface area contributed by atoms with Crippen LogP contribution in [0.2, 0.25) is 0 Å². The normalized spacial score (nSPS) is 22.6. The maximum atomic E-state index is 12.3. The molecule has 0 bridgehead atoms. The molecule has 2 heterocycles. The summed E-state index contributed by atoms with van der Waals surface area (Å²) in [6.45, 7) is 5.15. The van der Waals surface area contributed by atoms with Gasteiger partial charge in [0, 0.05) is 12.3 Å². The molecule has 0 saturated heterocycles. The van der Waals surface area contributed by atoms with Crippen LogP contribution in [0.3, 0.4) is 0 Å². The van der Waals surface area contributed by atoms with Crippen LogP contribution in [0, 0.1) is 5.92 Å². The van der Waals surface area contributed by atoms with Gasteiger partial charge in [0.05, 0.1) is 32.7 Å². The highest BCUT2D eigenvalue weighted by Crippen LogP contribution is 2.47. The Balaban J connectivity index is 2.06. The zero-order chi connectivity index (χ0) is 15.9. The lowest BCUT2D eigenvalue weighted by atomic mass is 9.87. The summed E-state index contributed by atoms with van der Waals surface area (Å²) in [4.78, 5) is 13.6. The van der Waals surface area contributed by atoms with Gasteiger partial charge in [-0.05, 0) is 11.6 Å². The first-order valence-corrected chi connectivity index (χ1v) is 7.87. The van der Waals surface area contributed by atoms with E-state index in [0.29, 0.717) is 12.2 Å². The highest BCUT2D eigenvalue weighted by molar-refractivity contribution is 5.81. The first kappa shape index (κ1) is 15.2. The Morgan fingerprint density at radius 3 is 2.91 bits per heavy atom. The number of hydrogen-bond donors (Lipinski definition) is 1. The van der Waals surface area contributed by atoms with Crippen molar-refractivity contribution in [3.63, 3.8) is 0 Å². The number of nitrogens with one attached hydrogen (secondary N) is 1. The molecule has 5 nitrogen and oxygen atoms in total. The van der Waals surface area contributed by atoms with Crippen molar-refractivity contribution >= 4 is 5.78 Å². The molecule has 22 heavy (non-hydrogen) atoms. The number of hydrogen-bond acceptors (Lipinski definition) is 4. The van der Waals surface area contributed by atoms with Crippen molar-refractivity contribution in [1.82, 2.24) is 0 Å². The summed E-state index contributed by atoms with van der Waals surface area (Å²) in [6.07, 6.45) is 1.49.